The average molecular weight is 584 g/mol. The third-order valence-corrected chi connectivity index (χ3v) is 8.49. The molecule has 0 aliphatic heterocycles. The molecule has 0 fully saturated rings. The molecule has 2 unspecified atom stereocenters. The van der Waals surface area contributed by atoms with Gasteiger partial charge >= 0.3 is 0 Å². The maximum Gasteiger partial charge on any atom is 0.267 e. The Bertz CT molecular complexity index is 829. The van der Waals surface area contributed by atoms with E-state index in [9.17, 15) is 14.3 Å². The average Bonchev–Trinajstić information content (AvgIpc) is 2.91. The van der Waals surface area contributed by atoms with Crippen LogP contribution in [0.1, 0.15) is 110 Å². The van der Waals surface area contributed by atoms with Crippen LogP contribution in [-0.4, -0.2) is 57.3 Å². The summed E-state index contributed by atoms with van der Waals surface area (Å²) < 4.78 is 29.3. The first-order valence-corrected chi connectivity index (χ1v) is 17.2. The summed E-state index contributed by atoms with van der Waals surface area (Å²) in [4.78, 5) is 24.1. The summed E-state index contributed by atoms with van der Waals surface area (Å²) in [6, 6.07) is 7.84. The smallest absolute Gasteiger partial charge is 0.267 e. The fourth-order valence-electron chi connectivity index (χ4n) is 4.64. The Balaban J connectivity index is 2.33. The number of phosphoric acid groups is 1. The van der Waals surface area contributed by atoms with Gasteiger partial charge in [0, 0.05) is 6.42 Å². The minimum atomic E-state index is -4.41. The molecule has 0 radical (unpaired) electrons. The minimum absolute atomic E-state index is 0.00311. The van der Waals surface area contributed by atoms with E-state index in [1.54, 1.807) is 0 Å². The number of ketones is 1. The van der Waals surface area contributed by atoms with Crippen molar-refractivity contribution < 1.29 is 32.5 Å². The maximum atomic E-state index is 12.3. The van der Waals surface area contributed by atoms with E-state index in [4.69, 9.17) is 13.8 Å². The molecular formula is C32H58NO6P. The highest BCUT2D eigenvalue weighted by Crippen LogP contribution is 2.39. The molecule has 0 heterocycles. The Kier molecular flexibility index (Phi) is 19.7. The van der Waals surface area contributed by atoms with E-state index >= 15 is 0 Å². The molecule has 0 bridgehead atoms. The third kappa shape index (κ3) is 19.8. The number of carbonyl (C=O) groups is 1. The van der Waals surface area contributed by atoms with E-state index in [0.29, 0.717) is 19.4 Å². The summed E-state index contributed by atoms with van der Waals surface area (Å²) in [7, 11) is -0.107. The normalized spacial score (nSPS) is 14.2. The number of carbonyl (C=O) groups excluding carboxylic acids is 1. The molecular weight excluding hydrogens is 525 g/mol. The van der Waals surface area contributed by atoms with Crippen molar-refractivity contribution in [1.29, 1.82) is 0 Å². The van der Waals surface area contributed by atoms with Gasteiger partial charge in [-0.15, -0.1) is 0 Å². The van der Waals surface area contributed by atoms with Crippen LogP contribution in [0.4, 0.5) is 0 Å². The summed E-state index contributed by atoms with van der Waals surface area (Å²) in [6.07, 6.45) is 15.3. The Labute approximate surface area is 245 Å². The first-order valence-electron chi connectivity index (χ1n) is 15.7. The molecule has 2 atom stereocenters. The van der Waals surface area contributed by atoms with Gasteiger partial charge in [0.1, 0.15) is 11.5 Å². The van der Waals surface area contributed by atoms with Crippen LogP contribution in [0.2, 0.25) is 0 Å². The highest BCUT2D eigenvalue weighted by atomic mass is 31.2. The number of Topliss-reactive ketones (excluding diaryl/α,β-unsaturated/α-hetero) is 1. The first kappa shape index (κ1) is 36.8. The van der Waals surface area contributed by atoms with Crippen LogP contribution in [0.15, 0.2) is 24.3 Å². The third-order valence-electron chi connectivity index (χ3n) is 7.52. The second-order valence-corrected chi connectivity index (χ2v) is 13.3. The van der Waals surface area contributed by atoms with E-state index in [0.717, 1.165) is 41.7 Å². The van der Waals surface area contributed by atoms with Crippen molar-refractivity contribution in [3.8, 4) is 5.75 Å². The van der Waals surface area contributed by atoms with E-state index in [-0.39, 0.29) is 31.3 Å². The largest absolute Gasteiger partial charge is 0.756 e. The lowest BCUT2D eigenvalue weighted by Crippen LogP contribution is -2.40. The Hall–Kier alpha value is -1.24. The first-order chi connectivity index (χ1) is 19.1. The van der Waals surface area contributed by atoms with Gasteiger partial charge in [0.15, 0.2) is 0 Å². The minimum Gasteiger partial charge on any atom is -0.756 e. The quantitative estimate of drug-likeness (QED) is 0.0638. The van der Waals surface area contributed by atoms with Crippen LogP contribution >= 0.6 is 7.82 Å². The molecule has 0 spiro atoms. The number of unbranched alkanes of at least 4 members (excludes halogenated alkanes) is 10. The molecule has 0 saturated heterocycles. The molecule has 232 valence electrons. The Morgan fingerprint density at radius 2 is 1.43 bits per heavy atom. The van der Waals surface area contributed by atoms with Crippen LogP contribution < -0.4 is 9.63 Å². The number of nitrogens with zero attached hydrogens (tertiary/aromatic N) is 1. The van der Waals surface area contributed by atoms with Crippen molar-refractivity contribution >= 4 is 13.6 Å². The van der Waals surface area contributed by atoms with Gasteiger partial charge in [0.05, 0.1) is 47.0 Å². The lowest BCUT2D eigenvalue weighted by atomic mass is 9.95. The maximum absolute atomic E-state index is 12.3. The zero-order valence-corrected chi connectivity index (χ0v) is 27.1. The van der Waals surface area contributed by atoms with Crippen LogP contribution in [0.3, 0.4) is 0 Å². The molecule has 0 amide bonds. The summed E-state index contributed by atoms with van der Waals surface area (Å²) in [5.41, 5.74) is 1.01. The number of hydrogen-bond donors (Lipinski definition) is 0. The van der Waals surface area contributed by atoms with Crippen molar-refractivity contribution in [3.63, 3.8) is 0 Å². The van der Waals surface area contributed by atoms with Crippen LogP contribution in [0, 0.1) is 5.92 Å². The van der Waals surface area contributed by atoms with Crippen LogP contribution in [-0.2, 0) is 24.8 Å². The molecule has 7 nitrogen and oxygen atoms in total. The summed E-state index contributed by atoms with van der Waals surface area (Å²) in [5, 5.41) is 0. The van der Waals surface area contributed by atoms with E-state index in [1.807, 2.05) is 24.3 Å². The lowest BCUT2D eigenvalue weighted by Gasteiger charge is -2.28. The van der Waals surface area contributed by atoms with Crippen LogP contribution in [0.5, 0.6) is 5.75 Å². The number of phosphoric ester groups is 1. The van der Waals surface area contributed by atoms with Gasteiger partial charge in [0.2, 0.25) is 0 Å². The number of rotatable bonds is 26. The summed E-state index contributed by atoms with van der Waals surface area (Å²) in [6.45, 7) is 8.65. The van der Waals surface area contributed by atoms with Crippen molar-refractivity contribution in [2.24, 2.45) is 5.92 Å². The second-order valence-electron chi connectivity index (χ2n) is 11.9. The molecule has 0 aliphatic carbocycles. The van der Waals surface area contributed by atoms with Crippen molar-refractivity contribution in [3.05, 3.63) is 29.8 Å². The van der Waals surface area contributed by atoms with E-state index in [1.165, 1.54) is 64.7 Å². The molecule has 8 heteroatoms. The van der Waals surface area contributed by atoms with Gasteiger partial charge in [-0.3, -0.25) is 4.57 Å². The number of ether oxygens (including phenoxy) is 1. The van der Waals surface area contributed by atoms with Gasteiger partial charge in [-0.1, -0.05) is 76.8 Å². The zero-order valence-electron chi connectivity index (χ0n) is 26.2. The molecule has 1 aromatic rings. The highest BCUT2D eigenvalue weighted by molar-refractivity contribution is 7.45. The molecule has 0 aliphatic rings. The number of quaternary nitrogens is 1. The predicted octanol–water partition coefficient (Wildman–Crippen LogP) is 7.50. The van der Waals surface area contributed by atoms with Crippen molar-refractivity contribution in [2.75, 3.05) is 47.0 Å². The van der Waals surface area contributed by atoms with Crippen molar-refractivity contribution in [1.82, 2.24) is 0 Å². The molecule has 1 aromatic carbocycles. The zero-order chi connectivity index (χ0) is 29.7. The molecule has 0 N–H and O–H groups in total. The molecule has 1 rings (SSSR count). The fourth-order valence-corrected chi connectivity index (χ4v) is 5.46. The molecule has 40 heavy (non-hydrogen) atoms. The SMILES string of the molecule is CCCCCCCCCCCCOc1ccc(CC(COP(=O)([O-])OCCCC[N+](C)(C)CC)CC(C)=O)cc1. The number of benzene rings is 1. The van der Waals surface area contributed by atoms with Gasteiger partial charge in [-0.05, 0) is 63.1 Å². The van der Waals surface area contributed by atoms with Gasteiger partial charge < -0.3 is 28.0 Å². The number of hydrogen-bond acceptors (Lipinski definition) is 6. The van der Waals surface area contributed by atoms with Gasteiger partial charge in [-0.2, -0.15) is 0 Å². The predicted molar refractivity (Wildman–Crippen MR) is 163 cm³/mol. The van der Waals surface area contributed by atoms with Gasteiger partial charge in [0.25, 0.3) is 7.82 Å². The van der Waals surface area contributed by atoms with Gasteiger partial charge in [-0.25, -0.2) is 0 Å². The lowest BCUT2D eigenvalue weighted by molar-refractivity contribution is -0.888. The van der Waals surface area contributed by atoms with E-state index < -0.39 is 7.82 Å². The standard InChI is InChI=1S/C32H58NO6P/c1-6-8-9-10-11-12-13-14-15-17-24-37-32-21-19-30(20-22-32)27-31(26-29(3)34)28-39-40(35,36)38-25-18-16-23-33(4,5)7-2/h19-22,31H,6-18,23-28H2,1-5H3. The van der Waals surface area contributed by atoms with E-state index in [2.05, 4.69) is 27.9 Å². The van der Waals surface area contributed by atoms with Crippen LogP contribution in [0.25, 0.3) is 0 Å². The molecule has 0 saturated carbocycles. The van der Waals surface area contributed by atoms with Crippen molar-refractivity contribution in [2.45, 2.75) is 111 Å². The molecule has 0 aromatic heterocycles. The summed E-state index contributed by atoms with van der Waals surface area (Å²) >= 11 is 0. The fraction of sp³-hybridized carbons (Fsp3) is 0.781. The summed E-state index contributed by atoms with van der Waals surface area (Å²) in [5.74, 6) is 0.588. The monoisotopic (exact) mass is 583 g/mol. The Morgan fingerprint density at radius 3 is 2.00 bits per heavy atom. The second kappa shape index (κ2) is 21.5. The Morgan fingerprint density at radius 1 is 0.850 bits per heavy atom. The topological polar surface area (TPSA) is 84.9 Å². The highest BCUT2D eigenvalue weighted by Gasteiger charge is 2.18.